The van der Waals surface area contributed by atoms with Gasteiger partial charge in [0, 0.05) is 0 Å². The van der Waals surface area contributed by atoms with Crippen LogP contribution in [0.4, 0.5) is 0 Å². The van der Waals surface area contributed by atoms with Crippen LogP contribution in [0.2, 0.25) is 4.44 Å². The van der Waals surface area contributed by atoms with E-state index >= 15 is 0 Å². The van der Waals surface area contributed by atoms with Gasteiger partial charge in [-0.25, -0.2) is 0 Å². The molecule has 0 spiro atoms. The van der Waals surface area contributed by atoms with Crippen molar-refractivity contribution in [1.29, 1.82) is 0 Å². The fourth-order valence-corrected chi connectivity index (χ4v) is 1.62. The van der Waals surface area contributed by atoms with E-state index in [-0.39, 0.29) is 23.4 Å². The van der Waals surface area contributed by atoms with Gasteiger partial charge in [0.05, 0.1) is 0 Å². The number of rotatable bonds is 6. The second-order valence-electron chi connectivity index (χ2n) is 2.52. The number of hydrogen-bond donors (Lipinski definition) is 0. The molecule has 12 heavy (non-hydrogen) atoms. The van der Waals surface area contributed by atoms with E-state index in [9.17, 15) is 0 Å². The van der Waals surface area contributed by atoms with Crippen LogP contribution in [0.1, 0.15) is 45.4 Å². The molecule has 0 fully saturated rings. The molecule has 3 radical (unpaired) electrons. The first-order chi connectivity index (χ1) is 4.41. The molecule has 0 aliphatic carbocycles. The Bertz CT molecular complexity index is 50.3. The molecule has 77 valence electrons. The van der Waals surface area contributed by atoms with Crippen molar-refractivity contribution in [2.24, 2.45) is 0 Å². The van der Waals surface area contributed by atoms with Crippen molar-refractivity contribution in [3.63, 3.8) is 0 Å². The van der Waals surface area contributed by atoms with E-state index in [2.05, 4.69) is 6.92 Å². The van der Waals surface area contributed by atoms with Crippen LogP contribution >= 0.6 is 12.4 Å². The third-order valence-corrected chi connectivity index (χ3v) is 2.54. The molecule has 0 saturated heterocycles. The van der Waals surface area contributed by atoms with E-state index < -0.39 is 0 Å². The van der Waals surface area contributed by atoms with E-state index in [1.165, 1.54) is 43.0 Å². The van der Waals surface area contributed by atoms with Crippen LogP contribution < -0.4 is 0 Å². The minimum absolute atomic E-state index is 0. The van der Waals surface area contributed by atoms with Crippen LogP contribution in [0.15, 0.2) is 0 Å². The van der Waals surface area contributed by atoms with Crippen LogP contribution in [0.25, 0.3) is 0 Å². The maximum Gasteiger partial charge on any atom is -0.147 e. The standard InChI is InChI=1S/C8H17.ClH.2H2O.Sn/c1-3-5-7-8-6-4-2;;;;/h1,3-8H2,2H3;1H;2*1H2;. The molecule has 0 atom stereocenters. The van der Waals surface area contributed by atoms with Crippen molar-refractivity contribution < 1.29 is 11.0 Å². The summed E-state index contributed by atoms with van der Waals surface area (Å²) in [4.78, 5) is 0. The van der Waals surface area contributed by atoms with Gasteiger partial charge in [0.15, 0.2) is 0 Å². The quantitative estimate of drug-likeness (QED) is 0.530. The van der Waals surface area contributed by atoms with Gasteiger partial charge in [-0.05, 0) is 0 Å². The molecule has 0 heterocycles. The number of unbranched alkanes of at least 4 members (excludes halogenated alkanes) is 5. The fourth-order valence-electron chi connectivity index (χ4n) is 0.905. The second-order valence-corrected chi connectivity index (χ2v) is 3.94. The summed E-state index contributed by atoms with van der Waals surface area (Å²) in [6.07, 6.45) is 8.71. The topological polar surface area (TPSA) is 63.0 Å². The van der Waals surface area contributed by atoms with Crippen LogP contribution in [-0.4, -0.2) is 33.5 Å². The predicted molar refractivity (Wildman–Crippen MR) is 58.4 cm³/mol. The third-order valence-electron chi connectivity index (χ3n) is 1.53. The molecule has 0 aromatic rings. The molecule has 0 aliphatic rings. The van der Waals surface area contributed by atoms with Crippen LogP contribution in [0.3, 0.4) is 0 Å². The summed E-state index contributed by atoms with van der Waals surface area (Å²) >= 11 is 1.71. The Hall–Kier alpha value is 1.01. The third kappa shape index (κ3) is 22.5. The van der Waals surface area contributed by atoms with Gasteiger partial charge in [0.25, 0.3) is 0 Å². The Morgan fingerprint density at radius 2 is 1.25 bits per heavy atom. The van der Waals surface area contributed by atoms with E-state index in [0.717, 1.165) is 0 Å². The van der Waals surface area contributed by atoms with Gasteiger partial charge in [-0.2, -0.15) is 0 Å². The maximum absolute atomic E-state index is 2.27. The van der Waals surface area contributed by atoms with Gasteiger partial charge < -0.3 is 11.0 Å². The Labute approximate surface area is 95.6 Å². The maximum atomic E-state index is 2.27. The van der Waals surface area contributed by atoms with Gasteiger partial charge in [-0.3, -0.25) is 0 Å². The SMILES string of the molecule is CCCCCCC[CH2][Sn].Cl.O.O. The van der Waals surface area contributed by atoms with E-state index in [4.69, 9.17) is 0 Å². The van der Waals surface area contributed by atoms with Gasteiger partial charge in [0.2, 0.25) is 0 Å². The Morgan fingerprint density at radius 3 is 1.67 bits per heavy atom. The van der Waals surface area contributed by atoms with Gasteiger partial charge in [-0.15, -0.1) is 12.4 Å². The molecule has 0 saturated carbocycles. The van der Waals surface area contributed by atoms with E-state index in [1.54, 1.807) is 22.5 Å². The first-order valence-corrected chi connectivity index (χ1v) is 6.08. The van der Waals surface area contributed by atoms with Crippen molar-refractivity contribution in [3.8, 4) is 0 Å². The Balaban J connectivity index is -0.000000107. The smallest absolute Gasteiger partial charge is 0.147 e. The van der Waals surface area contributed by atoms with E-state index in [0.29, 0.717) is 0 Å². The van der Waals surface area contributed by atoms with Crippen LogP contribution in [0, 0.1) is 0 Å². The molecular weight excluding hydrogens is 282 g/mol. The van der Waals surface area contributed by atoms with Crippen molar-refractivity contribution in [2.45, 2.75) is 49.9 Å². The molecule has 0 aromatic heterocycles. The second kappa shape index (κ2) is 22.7. The largest absolute Gasteiger partial charge is 0.412 e. The molecule has 0 amide bonds. The Kier molecular flexibility index (Phi) is 43.7. The summed E-state index contributed by atoms with van der Waals surface area (Å²) < 4.78 is 1.46. The summed E-state index contributed by atoms with van der Waals surface area (Å²) in [5.74, 6) is 0. The van der Waals surface area contributed by atoms with Gasteiger partial charge in [-0.1, -0.05) is 0 Å². The zero-order valence-corrected chi connectivity index (χ0v) is 11.5. The van der Waals surface area contributed by atoms with Crippen molar-refractivity contribution in [1.82, 2.24) is 0 Å². The monoisotopic (exact) mass is 305 g/mol. The average molecular weight is 304 g/mol. The van der Waals surface area contributed by atoms with Crippen molar-refractivity contribution >= 4 is 34.9 Å². The molecular formula is C8H22ClO2Sn. The molecule has 4 N–H and O–H groups in total. The van der Waals surface area contributed by atoms with Crippen molar-refractivity contribution in [3.05, 3.63) is 0 Å². The molecule has 4 heteroatoms. The number of halogens is 1. The van der Waals surface area contributed by atoms with Gasteiger partial charge in [0.1, 0.15) is 0 Å². The summed E-state index contributed by atoms with van der Waals surface area (Å²) in [5, 5.41) is 0. The van der Waals surface area contributed by atoms with Gasteiger partial charge >= 0.3 is 72.4 Å². The molecule has 0 aromatic carbocycles. The minimum atomic E-state index is 0. The molecule has 0 unspecified atom stereocenters. The number of hydrogen-bond acceptors (Lipinski definition) is 0. The zero-order chi connectivity index (χ0) is 6.95. The minimum Gasteiger partial charge on any atom is -0.412 e. The molecule has 0 bridgehead atoms. The Morgan fingerprint density at radius 1 is 0.833 bits per heavy atom. The first kappa shape index (κ1) is 23.1. The summed E-state index contributed by atoms with van der Waals surface area (Å²) in [7, 11) is 0. The fraction of sp³-hybridized carbons (Fsp3) is 1.00. The normalized spacial score (nSPS) is 7.50. The summed E-state index contributed by atoms with van der Waals surface area (Å²) in [6, 6.07) is 0. The van der Waals surface area contributed by atoms with Crippen LogP contribution in [-0.2, 0) is 0 Å². The first-order valence-electron chi connectivity index (χ1n) is 4.06. The predicted octanol–water partition coefficient (Wildman–Crippen LogP) is 1.71. The molecule has 0 rings (SSSR count). The summed E-state index contributed by atoms with van der Waals surface area (Å²) in [6.45, 7) is 2.27. The molecule has 2 nitrogen and oxygen atoms in total. The zero-order valence-electron chi connectivity index (χ0n) is 7.86. The average Bonchev–Trinajstić information content (AvgIpc) is 1.89. The van der Waals surface area contributed by atoms with Crippen molar-refractivity contribution in [2.75, 3.05) is 0 Å². The van der Waals surface area contributed by atoms with E-state index in [1.807, 2.05) is 0 Å². The summed E-state index contributed by atoms with van der Waals surface area (Å²) in [5.41, 5.74) is 0. The molecule has 0 aliphatic heterocycles. The van der Waals surface area contributed by atoms with Crippen LogP contribution in [0.5, 0.6) is 0 Å².